The number of halogens is 1. The van der Waals surface area contributed by atoms with Gasteiger partial charge in [0.15, 0.2) is 0 Å². The summed E-state index contributed by atoms with van der Waals surface area (Å²) in [6, 6.07) is 6.93. The molecule has 0 aliphatic rings. The molecule has 0 saturated heterocycles. The molecule has 0 fully saturated rings. The number of aromatic nitrogens is 2. The molecular formula is C18H22ClN3O3. The van der Waals surface area contributed by atoms with Crippen LogP contribution in [0.2, 0.25) is 5.02 Å². The van der Waals surface area contributed by atoms with Gasteiger partial charge in [-0.3, -0.25) is 9.59 Å². The number of carbonyl (C=O) groups excluding carboxylic acids is 1. The molecular weight excluding hydrogens is 342 g/mol. The highest BCUT2D eigenvalue weighted by atomic mass is 35.5. The largest absolute Gasteiger partial charge is 0.492 e. The van der Waals surface area contributed by atoms with Crippen LogP contribution in [0.1, 0.15) is 42.6 Å². The Hall–Kier alpha value is -2.34. The van der Waals surface area contributed by atoms with Crippen LogP contribution in [-0.4, -0.2) is 29.0 Å². The quantitative estimate of drug-likeness (QED) is 0.800. The normalized spacial score (nSPS) is 11.2. The minimum Gasteiger partial charge on any atom is -0.492 e. The monoisotopic (exact) mass is 363 g/mol. The summed E-state index contributed by atoms with van der Waals surface area (Å²) in [4.78, 5) is 31.5. The summed E-state index contributed by atoms with van der Waals surface area (Å²) in [5.41, 5.74) is -0.302. The number of benzene rings is 1. The fourth-order valence-electron chi connectivity index (χ4n) is 2.16. The van der Waals surface area contributed by atoms with Crippen molar-refractivity contribution in [2.75, 3.05) is 13.2 Å². The molecule has 0 radical (unpaired) electrons. The molecule has 1 aromatic heterocycles. The molecule has 0 spiro atoms. The Bertz CT molecular complexity index is 808. The van der Waals surface area contributed by atoms with E-state index in [-0.39, 0.29) is 24.1 Å². The Morgan fingerprint density at radius 1 is 1.28 bits per heavy atom. The maximum Gasteiger partial charge on any atom is 0.264 e. The average Bonchev–Trinajstić information content (AvgIpc) is 2.51. The van der Waals surface area contributed by atoms with E-state index in [1.807, 2.05) is 20.8 Å². The van der Waals surface area contributed by atoms with Crippen LogP contribution in [-0.2, 0) is 5.41 Å². The van der Waals surface area contributed by atoms with E-state index < -0.39 is 11.5 Å². The predicted molar refractivity (Wildman–Crippen MR) is 97.6 cm³/mol. The molecule has 0 aliphatic heterocycles. The molecule has 1 heterocycles. The number of nitrogens with zero attached hydrogens (tertiary/aromatic N) is 1. The Morgan fingerprint density at radius 3 is 2.48 bits per heavy atom. The third-order valence-corrected chi connectivity index (χ3v) is 3.76. The number of ether oxygens (including phenoxy) is 1. The predicted octanol–water partition coefficient (Wildman–Crippen LogP) is 2.84. The van der Waals surface area contributed by atoms with Gasteiger partial charge in [0.2, 0.25) is 0 Å². The van der Waals surface area contributed by atoms with Crippen LogP contribution in [0, 0.1) is 6.92 Å². The lowest BCUT2D eigenvalue weighted by molar-refractivity contribution is 0.0944. The Balaban J connectivity index is 1.97. The molecule has 0 atom stereocenters. The van der Waals surface area contributed by atoms with Gasteiger partial charge in [-0.25, -0.2) is 4.98 Å². The molecule has 1 amide bonds. The van der Waals surface area contributed by atoms with Gasteiger partial charge in [-0.05, 0) is 31.2 Å². The second-order valence-electron chi connectivity index (χ2n) is 6.68. The van der Waals surface area contributed by atoms with Crippen LogP contribution >= 0.6 is 11.6 Å². The first-order valence-corrected chi connectivity index (χ1v) is 8.34. The number of carbonyl (C=O) groups is 1. The maximum atomic E-state index is 12.3. The number of nitrogens with one attached hydrogen (secondary N) is 2. The summed E-state index contributed by atoms with van der Waals surface area (Å²) in [5.74, 6) is 0.743. The number of hydrogen-bond acceptors (Lipinski definition) is 4. The molecule has 0 bridgehead atoms. The molecule has 7 heteroatoms. The second kappa shape index (κ2) is 7.70. The molecule has 6 nitrogen and oxygen atoms in total. The maximum absolute atomic E-state index is 12.3. The van der Waals surface area contributed by atoms with E-state index in [1.165, 1.54) is 0 Å². The topological polar surface area (TPSA) is 84.1 Å². The van der Waals surface area contributed by atoms with E-state index >= 15 is 0 Å². The first kappa shape index (κ1) is 19.0. The van der Waals surface area contributed by atoms with E-state index in [0.717, 1.165) is 0 Å². The van der Waals surface area contributed by atoms with Gasteiger partial charge in [0, 0.05) is 10.4 Å². The smallest absolute Gasteiger partial charge is 0.264 e. The fourth-order valence-corrected chi connectivity index (χ4v) is 2.29. The first-order valence-electron chi connectivity index (χ1n) is 7.96. The van der Waals surface area contributed by atoms with E-state index in [4.69, 9.17) is 16.3 Å². The van der Waals surface area contributed by atoms with Crippen molar-refractivity contribution >= 4 is 17.5 Å². The summed E-state index contributed by atoms with van der Waals surface area (Å²) < 4.78 is 5.50. The molecule has 0 unspecified atom stereocenters. The number of aromatic amines is 1. The summed E-state index contributed by atoms with van der Waals surface area (Å²) in [5, 5.41) is 3.30. The number of aryl methyl sites for hydroxylation is 1. The first-order chi connectivity index (χ1) is 11.7. The third kappa shape index (κ3) is 5.06. The van der Waals surface area contributed by atoms with Gasteiger partial charge in [0.1, 0.15) is 23.7 Å². The van der Waals surface area contributed by atoms with Gasteiger partial charge in [0.25, 0.3) is 11.5 Å². The zero-order chi connectivity index (χ0) is 18.6. The molecule has 0 aliphatic carbocycles. The highest BCUT2D eigenvalue weighted by Crippen LogP contribution is 2.17. The zero-order valence-electron chi connectivity index (χ0n) is 14.8. The van der Waals surface area contributed by atoms with Crippen LogP contribution in [0.5, 0.6) is 5.75 Å². The van der Waals surface area contributed by atoms with Crippen LogP contribution in [0.25, 0.3) is 0 Å². The minimum atomic E-state index is -0.466. The minimum absolute atomic E-state index is 0.0273. The van der Waals surface area contributed by atoms with Crippen LogP contribution in [0.15, 0.2) is 29.1 Å². The van der Waals surface area contributed by atoms with Crippen molar-refractivity contribution in [3.8, 4) is 5.75 Å². The molecule has 134 valence electrons. The highest BCUT2D eigenvalue weighted by Gasteiger charge is 2.21. The SMILES string of the molecule is Cc1nc(C(C)(C)C)[nH]c(=O)c1C(=O)NCCOc1ccc(Cl)cc1. The molecule has 2 aromatic rings. The molecule has 0 saturated carbocycles. The number of H-pyrrole nitrogens is 1. The fraction of sp³-hybridized carbons (Fsp3) is 0.389. The second-order valence-corrected chi connectivity index (χ2v) is 7.12. The van der Waals surface area contributed by atoms with Crippen molar-refractivity contribution in [2.45, 2.75) is 33.1 Å². The van der Waals surface area contributed by atoms with Gasteiger partial charge in [0.05, 0.1) is 12.2 Å². The van der Waals surface area contributed by atoms with Crippen LogP contribution in [0.4, 0.5) is 0 Å². The number of rotatable bonds is 5. The third-order valence-electron chi connectivity index (χ3n) is 3.51. The van der Waals surface area contributed by atoms with Crippen molar-refractivity contribution in [3.63, 3.8) is 0 Å². The molecule has 25 heavy (non-hydrogen) atoms. The van der Waals surface area contributed by atoms with E-state index in [0.29, 0.717) is 22.3 Å². The lowest BCUT2D eigenvalue weighted by atomic mass is 9.95. The summed E-state index contributed by atoms with van der Waals surface area (Å²) in [6.07, 6.45) is 0. The average molecular weight is 364 g/mol. The Kier molecular flexibility index (Phi) is 5.85. The van der Waals surface area contributed by atoms with E-state index in [1.54, 1.807) is 31.2 Å². The molecule has 2 rings (SSSR count). The summed E-state index contributed by atoms with van der Waals surface area (Å²) in [7, 11) is 0. The van der Waals surface area contributed by atoms with Crippen LogP contribution < -0.4 is 15.6 Å². The van der Waals surface area contributed by atoms with E-state index in [9.17, 15) is 9.59 Å². The van der Waals surface area contributed by atoms with Gasteiger partial charge in [-0.1, -0.05) is 32.4 Å². The van der Waals surface area contributed by atoms with Gasteiger partial charge >= 0.3 is 0 Å². The number of amides is 1. The van der Waals surface area contributed by atoms with Gasteiger partial charge < -0.3 is 15.0 Å². The van der Waals surface area contributed by atoms with Crippen molar-refractivity contribution < 1.29 is 9.53 Å². The van der Waals surface area contributed by atoms with E-state index in [2.05, 4.69) is 15.3 Å². The zero-order valence-corrected chi connectivity index (χ0v) is 15.5. The molecule has 2 N–H and O–H groups in total. The van der Waals surface area contributed by atoms with Gasteiger partial charge in [-0.15, -0.1) is 0 Å². The lowest BCUT2D eigenvalue weighted by Crippen LogP contribution is -2.35. The van der Waals surface area contributed by atoms with Crippen LogP contribution in [0.3, 0.4) is 0 Å². The van der Waals surface area contributed by atoms with Crippen molar-refractivity contribution in [2.24, 2.45) is 0 Å². The lowest BCUT2D eigenvalue weighted by Gasteiger charge is -2.18. The van der Waals surface area contributed by atoms with Crippen molar-refractivity contribution in [1.82, 2.24) is 15.3 Å². The number of hydrogen-bond donors (Lipinski definition) is 2. The Labute approximate surface area is 151 Å². The summed E-state index contributed by atoms with van der Waals surface area (Å²) in [6.45, 7) is 8.03. The highest BCUT2D eigenvalue weighted by molar-refractivity contribution is 6.30. The van der Waals surface area contributed by atoms with Crippen molar-refractivity contribution in [3.05, 3.63) is 56.7 Å². The summed E-state index contributed by atoms with van der Waals surface area (Å²) >= 11 is 5.80. The Morgan fingerprint density at radius 2 is 1.92 bits per heavy atom. The molecule has 1 aromatic carbocycles. The standard InChI is InChI=1S/C18H22ClN3O3/c1-11-14(16(24)22-17(21-11)18(2,3)4)15(23)20-9-10-25-13-7-5-12(19)6-8-13/h5-8H,9-10H2,1-4H3,(H,20,23)(H,21,22,24). The van der Waals surface area contributed by atoms with Crippen molar-refractivity contribution in [1.29, 1.82) is 0 Å². The van der Waals surface area contributed by atoms with Gasteiger partial charge in [-0.2, -0.15) is 0 Å².